The maximum atomic E-state index is 12.4. The summed E-state index contributed by atoms with van der Waals surface area (Å²) < 4.78 is 23.2. The smallest absolute Gasteiger partial charge is 0.255 e. The van der Waals surface area contributed by atoms with Gasteiger partial charge in [-0.1, -0.05) is 13.0 Å². The minimum absolute atomic E-state index is 0.00474. The first-order chi connectivity index (χ1) is 12.6. The van der Waals surface area contributed by atoms with E-state index in [0.29, 0.717) is 28.4 Å². The minimum atomic E-state index is -3.87. The molecule has 1 aliphatic carbocycles. The number of nitrogens with two attached hydrogens (primary N) is 1. The largest absolute Gasteiger partial charge is 0.326 e. The van der Waals surface area contributed by atoms with Gasteiger partial charge in [-0.05, 0) is 61.2 Å². The Bertz CT molecular complexity index is 1000. The van der Waals surface area contributed by atoms with Crippen LogP contribution in [0, 0.1) is 18.8 Å². The average Bonchev–Trinajstić information content (AvgIpc) is 3.33. The molecule has 0 bridgehead atoms. The molecule has 4 N–H and O–H groups in total. The van der Waals surface area contributed by atoms with Crippen molar-refractivity contribution in [2.24, 2.45) is 17.0 Å². The molecule has 8 heteroatoms. The highest BCUT2D eigenvalue weighted by molar-refractivity contribution is 7.89. The Balaban J connectivity index is 1.69. The van der Waals surface area contributed by atoms with Gasteiger partial charge in [0.05, 0.1) is 4.90 Å². The Morgan fingerprint density at radius 1 is 1.04 bits per heavy atom. The summed E-state index contributed by atoms with van der Waals surface area (Å²) in [4.78, 5) is 24.3. The molecule has 2 unspecified atom stereocenters. The Labute approximate surface area is 158 Å². The van der Waals surface area contributed by atoms with E-state index in [1.807, 2.05) is 6.92 Å². The SMILES string of the molecule is Cc1ccc(NC(=O)c2ccc(NC(=O)C3CC3C)cc2)cc1S(N)(=O)=O. The summed E-state index contributed by atoms with van der Waals surface area (Å²) in [7, 11) is -3.87. The summed E-state index contributed by atoms with van der Waals surface area (Å²) >= 11 is 0. The molecule has 0 spiro atoms. The first-order valence-corrected chi connectivity index (χ1v) is 10.1. The lowest BCUT2D eigenvalue weighted by Crippen LogP contribution is -2.16. The number of aryl methyl sites for hydroxylation is 1. The molecule has 3 rings (SSSR count). The molecule has 0 radical (unpaired) electrons. The molecular formula is C19H21N3O4S. The second kappa shape index (κ2) is 7.13. The van der Waals surface area contributed by atoms with Crippen LogP contribution in [0.5, 0.6) is 0 Å². The summed E-state index contributed by atoms with van der Waals surface area (Å²) in [6.07, 6.45) is 0.906. The zero-order chi connectivity index (χ0) is 19.8. The van der Waals surface area contributed by atoms with Gasteiger partial charge in [-0.15, -0.1) is 0 Å². The fraction of sp³-hybridized carbons (Fsp3) is 0.263. The van der Waals surface area contributed by atoms with Crippen LogP contribution in [0.2, 0.25) is 0 Å². The van der Waals surface area contributed by atoms with Crippen LogP contribution in [0.25, 0.3) is 0 Å². The molecule has 27 heavy (non-hydrogen) atoms. The van der Waals surface area contributed by atoms with Gasteiger partial charge in [-0.3, -0.25) is 9.59 Å². The van der Waals surface area contributed by atoms with Gasteiger partial charge in [0.1, 0.15) is 0 Å². The number of sulfonamides is 1. The highest BCUT2D eigenvalue weighted by Crippen LogP contribution is 2.38. The predicted molar refractivity (Wildman–Crippen MR) is 103 cm³/mol. The Morgan fingerprint density at radius 3 is 2.19 bits per heavy atom. The number of amides is 2. The average molecular weight is 387 g/mol. The third-order valence-electron chi connectivity index (χ3n) is 4.61. The van der Waals surface area contributed by atoms with E-state index in [0.717, 1.165) is 6.42 Å². The lowest BCUT2D eigenvalue weighted by molar-refractivity contribution is -0.117. The molecule has 0 aromatic heterocycles. The number of carbonyl (C=O) groups excluding carboxylic acids is 2. The molecule has 0 heterocycles. The number of benzene rings is 2. The van der Waals surface area contributed by atoms with E-state index in [2.05, 4.69) is 10.6 Å². The topological polar surface area (TPSA) is 118 Å². The van der Waals surface area contributed by atoms with Crippen LogP contribution in [0.1, 0.15) is 29.3 Å². The summed E-state index contributed by atoms with van der Waals surface area (Å²) in [6.45, 7) is 3.66. The van der Waals surface area contributed by atoms with Crippen LogP contribution >= 0.6 is 0 Å². The van der Waals surface area contributed by atoms with Gasteiger partial charge < -0.3 is 10.6 Å². The lowest BCUT2D eigenvalue weighted by Gasteiger charge is -2.10. The van der Waals surface area contributed by atoms with Crippen molar-refractivity contribution < 1.29 is 18.0 Å². The molecule has 2 aromatic rings. The van der Waals surface area contributed by atoms with Gasteiger partial charge in [-0.2, -0.15) is 0 Å². The quantitative estimate of drug-likeness (QED) is 0.730. The molecule has 0 saturated heterocycles. The zero-order valence-electron chi connectivity index (χ0n) is 15.0. The van der Waals surface area contributed by atoms with Crippen LogP contribution in [-0.4, -0.2) is 20.2 Å². The predicted octanol–water partition coefficient (Wildman–Crippen LogP) is 2.49. The van der Waals surface area contributed by atoms with Crippen molar-refractivity contribution in [3.63, 3.8) is 0 Å². The van der Waals surface area contributed by atoms with E-state index in [9.17, 15) is 18.0 Å². The van der Waals surface area contributed by atoms with Gasteiger partial charge >= 0.3 is 0 Å². The maximum Gasteiger partial charge on any atom is 0.255 e. The molecule has 1 fully saturated rings. The molecule has 2 amide bonds. The monoisotopic (exact) mass is 387 g/mol. The third kappa shape index (κ3) is 4.53. The molecular weight excluding hydrogens is 366 g/mol. The van der Waals surface area contributed by atoms with E-state index in [-0.39, 0.29) is 16.7 Å². The van der Waals surface area contributed by atoms with E-state index < -0.39 is 15.9 Å². The highest BCUT2D eigenvalue weighted by Gasteiger charge is 2.39. The summed E-state index contributed by atoms with van der Waals surface area (Å²) in [5.41, 5.74) is 1.84. The van der Waals surface area contributed by atoms with Crippen LogP contribution in [-0.2, 0) is 14.8 Å². The van der Waals surface area contributed by atoms with Gasteiger partial charge in [0, 0.05) is 22.9 Å². The third-order valence-corrected chi connectivity index (χ3v) is 5.67. The minimum Gasteiger partial charge on any atom is -0.326 e. The van der Waals surface area contributed by atoms with Crippen molar-refractivity contribution in [1.29, 1.82) is 0 Å². The molecule has 142 valence electrons. The first-order valence-electron chi connectivity index (χ1n) is 8.51. The Hall–Kier alpha value is -2.71. The molecule has 2 aromatic carbocycles. The number of hydrogen-bond acceptors (Lipinski definition) is 4. The molecule has 0 aliphatic heterocycles. The standard InChI is InChI=1S/C19H21N3O4S/c1-11-3-6-15(10-17(11)27(20,25)26)22-18(23)13-4-7-14(8-5-13)21-19(24)16-9-12(16)2/h3-8,10,12,16H,9H2,1-2H3,(H,21,24)(H,22,23)(H2,20,25,26). The molecule has 1 aliphatic rings. The summed E-state index contributed by atoms with van der Waals surface area (Å²) in [5, 5.41) is 10.7. The van der Waals surface area contributed by atoms with E-state index in [1.165, 1.54) is 6.07 Å². The van der Waals surface area contributed by atoms with Crippen LogP contribution in [0.15, 0.2) is 47.4 Å². The normalized spacial score (nSPS) is 18.6. The van der Waals surface area contributed by atoms with Crippen molar-refractivity contribution in [2.75, 3.05) is 10.6 Å². The van der Waals surface area contributed by atoms with E-state index in [4.69, 9.17) is 5.14 Å². The summed E-state index contributed by atoms with van der Waals surface area (Å²) in [6, 6.07) is 11.0. The number of anilines is 2. The zero-order valence-corrected chi connectivity index (χ0v) is 15.8. The van der Waals surface area contributed by atoms with Gasteiger partial charge in [0.15, 0.2) is 0 Å². The Kier molecular flexibility index (Phi) is 5.03. The lowest BCUT2D eigenvalue weighted by atomic mass is 10.1. The first kappa shape index (κ1) is 19.1. The van der Waals surface area contributed by atoms with Crippen LogP contribution in [0.4, 0.5) is 11.4 Å². The molecule has 7 nitrogen and oxygen atoms in total. The van der Waals surface area contributed by atoms with Gasteiger partial charge in [0.2, 0.25) is 15.9 Å². The van der Waals surface area contributed by atoms with Crippen molar-refractivity contribution in [3.05, 3.63) is 53.6 Å². The van der Waals surface area contributed by atoms with Gasteiger partial charge in [0.25, 0.3) is 5.91 Å². The molecule has 2 atom stereocenters. The summed E-state index contributed by atoms with van der Waals surface area (Å²) in [5.74, 6) is 0.0945. The van der Waals surface area contributed by atoms with Crippen molar-refractivity contribution in [3.8, 4) is 0 Å². The number of primary sulfonamides is 1. The number of rotatable bonds is 5. The fourth-order valence-electron chi connectivity index (χ4n) is 2.81. The van der Waals surface area contributed by atoms with E-state index >= 15 is 0 Å². The van der Waals surface area contributed by atoms with Crippen molar-refractivity contribution >= 4 is 33.2 Å². The van der Waals surface area contributed by atoms with Crippen LogP contribution < -0.4 is 15.8 Å². The number of nitrogens with one attached hydrogen (secondary N) is 2. The van der Waals surface area contributed by atoms with Crippen molar-refractivity contribution in [1.82, 2.24) is 0 Å². The molecule has 1 saturated carbocycles. The second-order valence-electron chi connectivity index (χ2n) is 6.87. The fourth-order valence-corrected chi connectivity index (χ4v) is 3.62. The second-order valence-corrected chi connectivity index (χ2v) is 8.40. The Morgan fingerprint density at radius 2 is 1.63 bits per heavy atom. The van der Waals surface area contributed by atoms with Crippen LogP contribution in [0.3, 0.4) is 0 Å². The van der Waals surface area contributed by atoms with Crippen molar-refractivity contribution in [2.45, 2.75) is 25.2 Å². The maximum absolute atomic E-state index is 12.4. The number of carbonyl (C=O) groups is 2. The van der Waals surface area contributed by atoms with E-state index in [1.54, 1.807) is 43.3 Å². The number of hydrogen-bond donors (Lipinski definition) is 3. The highest BCUT2D eigenvalue weighted by atomic mass is 32.2. The van der Waals surface area contributed by atoms with Gasteiger partial charge in [-0.25, -0.2) is 13.6 Å².